The summed E-state index contributed by atoms with van der Waals surface area (Å²) in [6, 6.07) is 0. The predicted molar refractivity (Wildman–Crippen MR) is 52.2 cm³/mol. The molecule has 2 atom stereocenters. The SMILES string of the molecule is CC1CC(C(C)C)CC(C)(C)O1. The highest BCUT2D eigenvalue weighted by molar-refractivity contribution is 4.83. The van der Waals surface area contributed by atoms with Gasteiger partial charge in [-0.15, -0.1) is 0 Å². The van der Waals surface area contributed by atoms with E-state index in [-0.39, 0.29) is 5.60 Å². The molecule has 72 valence electrons. The molecular formula is C11H22O. The molecule has 1 aliphatic rings. The second-order valence-corrected chi connectivity index (χ2v) is 5.13. The van der Waals surface area contributed by atoms with Gasteiger partial charge in [0.1, 0.15) is 0 Å². The Hall–Kier alpha value is -0.0400. The van der Waals surface area contributed by atoms with E-state index in [0.29, 0.717) is 6.10 Å². The van der Waals surface area contributed by atoms with Crippen LogP contribution in [-0.4, -0.2) is 11.7 Å². The zero-order valence-electron chi connectivity index (χ0n) is 9.05. The summed E-state index contributed by atoms with van der Waals surface area (Å²) < 4.78 is 5.85. The van der Waals surface area contributed by atoms with Crippen LogP contribution < -0.4 is 0 Å². The fraction of sp³-hybridized carbons (Fsp3) is 1.00. The zero-order valence-corrected chi connectivity index (χ0v) is 9.05. The minimum atomic E-state index is 0.104. The van der Waals surface area contributed by atoms with Crippen molar-refractivity contribution in [3.05, 3.63) is 0 Å². The minimum absolute atomic E-state index is 0.104. The fourth-order valence-electron chi connectivity index (χ4n) is 2.29. The molecule has 1 rings (SSSR count). The highest BCUT2D eigenvalue weighted by Crippen LogP contribution is 2.35. The molecule has 0 radical (unpaired) electrons. The summed E-state index contributed by atoms with van der Waals surface area (Å²) in [7, 11) is 0. The molecule has 1 saturated heterocycles. The Kier molecular flexibility index (Phi) is 2.82. The number of hydrogen-bond acceptors (Lipinski definition) is 1. The van der Waals surface area contributed by atoms with Gasteiger partial charge in [0.05, 0.1) is 11.7 Å². The molecule has 0 aromatic heterocycles. The molecule has 0 N–H and O–H groups in total. The van der Waals surface area contributed by atoms with E-state index in [1.807, 2.05) is 0 Å². The van der Waals surface area contributed by atoms with Crippen LogP contribution in [0.1, 0.15) is 47.5 Å². The molecule has 1 heteroatoms. The molecule has 0 aliphatic carbocycles. The van der Waals surface area contributed by atoms with Crippen LogP contribution in [0.25, 0.3) is 0 Å². The van der Waals surface area contributed by atoms with Crippen molar-refractivity contribution in [3.63, 3.8) is 0 Å². The predicted octanol–water partition coefficient (Wildman–Crippen LogP) is 3.24. The molecule has 1 heterocycles. The highest BCUT2D eigenvalue weighted by Gasteiger charge is 2.33. The summed E-state index contributed by atoms with van der Waals surface area (Å²) in [5.74, 6) is 1.65. The van der Waals surface area contributed by atoms with Gasteiger partial charge < -0.3 is 4.74 Å². The van der Waals surface area contributed by atoms with Gasteiger partial charge in [0.2, 0.25) is 0 Å². The summed E-state index contributed by atoms with van der Waals surface area (Å²) in [5.41, 5.74) is 0.104. The van der Waals surface area contributed by atoms with Gasteiger partial charge in [-0.2, -0.15) is 0 Å². The van der Waals surface area contributed by atoms with Crippen molar-refractivity contribution in [1.82, 2.24) is 0 Å². The van der Waals surface area contributed by atoms with Crippen LogP contribution in [-0.2, 0) is 4.74 Å². The second kappa shape index (κ2) is 3.37. The summed E-state index contributed by atoms with van der Waals surface area (Å²) >= 11 is 0. The largest absolute Gasteiger partial charge is 0.373 e. The van der Waals surface area contributed by atoms with Gasteiger partial charge in [-0.3, -0.25) is 0 Å². The van der Waals surface area contributed by atoms with Gasteiger partial charge in [-0.1, -0.05) is 13.8 Å². The van der Waals surface area contributed by atoms with E-state index in [2.05, 4.69) is 34.6 Å². The molecular weight excluding hydrogens is 148 g/mol. The first kappa shape index (κ1) is 10.0. The fourth-order valence-corrected chi connectivity index (χ4v) is 2.29. The van der Waals surface area contributed by atoms with Crippen LogP contribution in [0, 0.1) is 11.8 Å². The molecule has 1 fully saturated rings. The summed E-state index contributed by atoms with van der Waals surface area (Å²) in [4.78, 5) is 0. The number of rotatable bonds is 1. The Morgan fingerprint density at radius 2 is 1.92 bits per heavy atom. The highest BCUT2D eigenvalue weighted by atomic mass is 16.5. The van der Waals surface area contributed by atoms with Gasteiger partial charge in [0.15, 0.2) is 0 Å². The lowest BCUT2D eigenvalue weighted by molar-refractivity contribution is -0.124. The van der Waals surface area contributed by atoms with Crippen molar-refractivity contribution < 1.29 is 4.74 Å². The average Bonchev–Trinajstić information content (AvgIpc) is 1.82. The van der Waals surface area contributed by atoms with Crippen LogP contribution in [0.5, 0.6) is 0 Å². The molecule has 0 aromatic rings. The third-order valence-electron chi connectivity index (χ3n) is 2.85. The smallest absolute Gasteiger partial charge is 0.0632 e. The van der Waals surface area contributed by atoms with Gasteiger partial charge in [-0.05, 0) is 45.4 Å². The second-order valence-electron chi connectivity index (χ2n) is 5.13. The molecule has 0 bridgehead atoms. The van der Waals surface area contributed by atoms with E-state index in [1.54, 1.807) is 0 Å². The van der Waals surface area contributed by atoms with Gasteiger partial charge in [-0.25, -0.2) is 0 Å². The Labute approximate surface area is 76.5 Å². The molecule has 1 nitrogen and oxygen atoms in total. The van der Waals surface area contributed by atoms with Crippen molar-refractivity contribution >= 4 is 0 Å². The van der Waals surface area contributed by atoms with E-state index in [1.165, 1.54) is 12.8 Å². The molecule has 0 aromatic carbocycles. The summed E-state index contributed by atoms with van der Waals surface area (Å²) in [6.45, 7) is 11.2. The molecule has 0 amide bonds. The van der Waals surface area contributed by atoms with E-state index >= 15 is 0 Å². The molecule has 0 spiro atoms. The van der Waals surface area contributed by atoms with Crippen molar-refractivity contribution in [2.45, 2.75) is 59.2 Å². The Bertz CT molecular complexity index is 149. The Balaban J connectivity index is 2.58. The lowest BCUT2D eigenvalue weighted by Gasteiger charge is -2.41. The van der Waals surface area contributed by atoms with E-state index in [9.17, 15) is 0 Å². The first-order chi connectivity index (χ1) is 5.41. The van der Waals surface area contributed by atoms with Crippen molar-refractivity contribution in [1.29, 1.82) is 0 Å². The van der Waals surface area contributed by atoms with Crippen molar-refractivity contribution in [2.75, 3.05) is 0 Å². The van der Waals surface area contributed by atoms with Gasteiger partial charge in [0.25, 0.3) is 0 Å². The van der Waals surface area contributed by atoms with Gasteiger partial charge >= 0.3 is 0 Å². The molecule has 0 saturated carbocycles. The van der Waals surface area contributed by atoms with Crippen LogP contribution >= 0.6 is 0 Å². The normalized spacial score (nSPS) is 35.5. The first-order valence-corrected chi connectivity index (χ1v) is 5.08. The lowest BCUT2D eigenvalue weighted by Crippen LogP contribution is -2.39. The van der Waals surface area contributed by atoms with Crippen LogP contribution in [0.2, 0.25) is 0 Å². The Morgan fingerprint density at radius 3 is 2.33 bits per heavy atom. The van der Waals surface area contributed by atoms with Crippen LogP contribution in [0.4, 0.5) is 0 Å². The quantitative estimate of drug-likeness (QED) is 0.587. The average molecular weight is 170 g/mol. The van der Waals surface area contributed by atoms with Crippen LogP contribution in [0.15, 0.2) is 0 Å². The third-order valence-corrected chi connectivity index (χ3v) is 2.85. The minimum Gasteiger partial charge on any atom is -0.373 e. The van der Waals surface area contributed by atoms with E-state index < -0.39 is 0 Å². The number of hydrogen-bond donors (Lipinski definition) is 0. The topological polar surface area (TPSA) is 9.23 Å². The van der Waals surface area contributed by atoms with Crippen LogP contribution in [0.3, 0.4) is 0 Å². The van der Waals surface area contributed by atoms with Crippen molar-refractivity contribution in [3.8, 4) is 0 Å². The summed E-state index contributed by atoms with van der Waals surface area (Å²) in [5, 5.41) is 0. The van der Waals surface area contributed by atoms with Crippen molar-refractivity contribution in [2.24, 2.45) is 11.8 Å². The zero-order chi connectivity index (χ0) is 9.35. The molecule has 1 aliphatic heterocycles. The maximum Gasteiger partial charge on any atom is 0.0632 e. The first-order valence-electron chi connectivity index (χ1n) is 5.08. The maximum atomic E-state index is 5.85. The van der Waals surface area contributed by atoms with E-state index in [0.717, 1.165) is 11.8 Å². The molecule has 2 unspecified atom stereocenters. The Morgan fingerprint density at radius 1 is 1.33 bits per heavy atom. The lowest BCUT2D eigenvalue weighted by atomic mass is 9.79. The van der Waals surface area contributed by atoms with E-state index in [4.69, 9.17) is 4.74 Å². The maximum absolute atomic E-state index is 5.85. The molecule has 12 heavy (non-hydrogen) atoms. The standard InChI is InChI=1S/C11H22O/c1-8(2)10-6-9(3)12-11(4,5)7-10/h8-10H,6-7H2,1-5H3. The third kappa shape index (κ3) is 2.48. The summed E-state index contributed by atoms with van der Waals surface area (Å²) in [6.07, 6.45) is 2.90. The monoisotopic (exact) mass is 170 g/mol. The number of ether oxygens (including phenoxy) is 1. The van der Waals surface area contributed by atoms with Gasteiger partial charge in [0, 0.05) is 0 Å².